The van der Waals surface area contributed by atoms with E-state index in [0.717, 1.165) is 26.9 Å². The molecule has 1 N–H and O–H groups in total. The lowest BCUT2D eigenvalue weighted by Crippen LogP contribution is -2.66. The van der Waals surface area contributed by atoms with Gasteiger partial charge in [-0.05, 0) is 113 Å². The summed E-state index contributed by atoms with van der Waals surface area (Å²) < 4.78 is 22.3. The number of amides is 3. The zero-order chi connectivity index (χ0) is 40.8. The number of alkyl halides is 3. The van der Waals surface area contributed by atoms with E-state index in [0.29, 0.717) is 48.9 Å². The van der Waals surface area contributed by atoms with E-state index in [1.54, 1.807) is 20.8 Å². The highest BCUT2D eigenvalue weighted by Gasteiger charge is 2.51. The maximum absolute atomic E-state index is 14.4. The molecular weight excluding hydrogens is 868 g/mol. The fourth-order valence-corrected chi connectivity index (χ4v) is 7.04. The van der Waals surface area contributed by atoms with E-state index in [-0.39, 0.29) is 19.5 Å². The first-order chi connectivity index (χ1) is 26.3. The molecule has 5 rings (SSSR count). The Kier molecular flexibility index (Phi) is 14.5. The quantitative estimate of drug-likeness (QED) is 0.143. The van der Waals surface area contributed by atoms with Gasteiger partial charge in [0.2, 0.25) is 9.70 Å². The summed E-state index contributed by atoms with van der Waals surface area (Å²) >= 11 is 28.4. The summed E-state index contributed by atoms with van der Waals surface area (Å²) in [6.07, 6.45) is 0.121. The summed E-state index contributed by atoms with van der Waals surface area (Å²) in [5.74, 6) is 0.957. The highest BCUT2D eigenvalue weighted by Crippen LogP contribution is 2.43. The molecule has 0 radical (unpaired) electrons. The maximum atomic E-state index is 14.4. The van der Waals surface area contributed by atoms with Crippen LogP contribution in [0.2, 0.25) is 5.02 Å². The van der Waals surface area contributed by atoms with Crippen molar-refractivity contribution in [3.63, 3.8) is 0 Å². The van der Waals surface area contributed by atoms with Gasteiger partial charge in [0, 0.05) is 34.7 Å². The van der Waals surface area contributed by atoms with Gasteiger partial charge < -0.3 is 29.2 Å². The third kappa shape index (κ3) is 11.4. The SMILES string of the molecule is CC(C)(C)OC(=O)N1CC2CC(c3ccc(OCCOc4ccc(Br)cc4)cc3)=C(C(=O)NCCCc3ccccc3Cl)C(C1)N2C(=O)OC(C)(C)C(Cl)(Cl)Cl. The largest absolute Gasteiger partial charge is 0.490 e. The van der Waals surface area contributed by atoms with Crippen molar-refractivity contribution >= 4 is 86.0 Å². The minimum Gasteiger partial charge on any atom is -0.490 e. The molecular formula is C41H46BrCl4N3O7. The molecule has 2 atom stereocenters. The van der Waals surface area contributed by atoms with Gasteiger partial charge in [-0.25, -0.2) is 9.59 Å². The van der Waals surface area contributed by atoms with Crippen LogP contribution in [0.5, 0.6) is 11.5 Å². The number of rotatable bonds is 12. The van der Waals surface area contributed by atoms with Crippen molar-refractivity contribution in [2.75, 3.05) is 32.8 Å². The van der Waals surface area contributed by atoms with Crippen LogP contribution >= 0.6 is 62.3 Å². The summed E-state index contributed by atoms with van der Waals surface area (Å²) in [7, 11) is 0. The lowest BCUT2D eigenvalue weighted by atomic mass is 9.81. The van der Waals surface area contributed by atoms with E-state index in [9.17, 15) is 14.4 Å². The molecule has 0 aliphatic carbocycles. The molecule has 0 aromatic heterocycles. The standard InChI is InChI=1S/C41H46BrCl4N3O7/c1-39(2,3)55-37(51)48-24-29-23-32(26-12-16-30(17-13-26)53-21-22-54-31-18-14-28(42)15-19-31)35(36(50)47-20-8-10-27-9-6-7-11-33(27)43)34(25-48)49(29)38(52)56-40(4,5)41(44,45)46/h6-7,9,11-19,29,34H,8,10,20-25H2,1-5H3,(H,47,50). The smallest absolute Gasteiger partial charge is 0.411 e. The fourth-order valence-electron chi connectivity index (χ4n) is 6.43. The molecule has 2 heterocycles. The molecule has 2 bridgehead atoms. The third-order valence-corrected chi connectivity index (χ3v) is 11.6. The van der Waals surface area contributed by atoms with Crippen LogP contribution in [0.25, 0.3) is 5.57 Å². The molecule has 2 unspecified atom stereocenters. The van der Waals surface area contributed by atoms with Gasteiger partial charge in [0.05, 0.1) is 12.1 Å². The number of hydrogen-bond acceptors (Lipinski definition) is 7. The van der Waals surface area contributed by atoms with Crippen molar-refractivity contribution in [2.24, 2.45) is 0 Å². The number of piperazine rings is 1. The Balaban J connectivity index is 1.44. The van der Waals surface area contributed by atoms with Gasteiger partial charge in [-0.2, -0.15) is 0 Å². The Morgan fingerprint density at radius 2 is 1.43 bits per heavy atom. The molecule has 1 fully saturated rings. The summed E-state index contributed by atoms with van der Waals surface area (Å²) in [4.78, 5) is 45.1. The van der Waals surface area contributed by atoms with E-state index in [4.69, 9.17) is 65.4 Å². The van der Waals surface area contributed by atoms with Gasteiger partial charge in [0.15, 0.2) is 5.60 Å². The molecule has 15 heteroatoms. The van der Waals surface area contributed by atoms with Gasteiger partial charge in [-0.3, -0.25) is 9.69 Å². The van der Waals surface area contributed by atoms with Gasteiger partial charge in [-0.1, -0.05) is 92.7 Å². The molecule has 3 aromatic rings. The van der Waals surface area contributed by atoms with Gasteiger partial charge >= 0.3 is 12.2 Å². The highest BCUT2D eigenvalue weighted by molar-refractivity contribution is 9.10. The van der Waals surface area contributed by atoms with Crippen molar-refractivity contribution in [1.82, 2.24) is 15.1 Å². The zero-order valence-corrected chi connectivity index (χ0v) is 36.5. The number of halogens is 5. The summed E-state index contributed by atoms with van der Waals surface area (Å²) in [6.45, 7) is 9.38. The van der Waals surface area contributed by atoms with Crippen LogP contribution in [0, 0.1) is 0 Å². The average Bonchev–Trinajstić information content (AvgIpc) is 3.11. The van der Waals surface area contributed by atoms with Crippen molar-refractivity contribution in [1.29, 1.82) is 0 Å². The number of fused-ring (bicyclic) bond motifs is 2. The van der Waals surface area contributed by atoms with Crippen LogP contribution in [0.15, 0.2) is 82.8 Å². The lowest BCUT2D eigenvalue weighted by molar-refractivity contribution is -0.118. The van der Waals surface area contributed by atoms with Gasteiger partial charge in [0.25, 0.3) is 0 Å². The normalized spacial score (nSPS) is 17.3. The second kappa shape index (κ2) is 18.5. The fraction of sp³-hybridized carbons (Fsp3) is 0.439. The van der Waals surface area contributed by atoms with Crippen molar-refractivity contribution in [3.05, 3.63) is 99.0 Å². The summed E-state index contributed by atoms with van der Waals surface area (Å²) in [5, 5.41) is 3.72. The summed E-state index contributed by atoms with van der Waals surface area (Å²) in [6, 6.07) is 21.0. The molecule has 56 heavy (non-hydrogen) atoms. The minimum atomic E-state index is -1.95. The first-order valence-electron chi connectivity index (χ1n) is 18.2. The maximum Gasteiger partial charge on any atom is 0.411 e. The second-order valence-corrected chi connectivity index (χ2v) is 18.7. The van der Waals surface area contributed by atoms with Gasteiger partial charge in [0.1, 0.15) is 30.3 Å². The predicted molar refractivity (Wildman–Crippen MR) is 224 cm³/mol. The molecule has 1 saturated heterocycles. The zero-order valence-electron chi connectivity index (χ0n) is 31.9. The lowest BCUT2D eigenvalue weighted by Gasteiger charge is -2.51. The van der Waals surface area contributed by atoms with E-state index in [2.05, 4.69) is 21.2 Å². The van der Waals surface area contributed by atoms with Crippen molar-refractivity contribution in [2.45, 2.75) is 81.0 Å². The number of benzene rings is 3. The van der Waals surface area contributed by atoms with Crippen LogP contribution in [-0.2, 0) is 20.7 Å². The number of ether oxygens (including phenoxy) is 4. The summed E-state index contributed by atoms with van der Waals surface area (Å²) in [5.41, 5.74) is 0.471. The van der Waals surface area contributed by atoms with E-state index >= 15 is 0 Å². The first-order valence-corrected chi connectivity index (χ1v) is 20.6. The van der Waals surface area contributed by atoms with Crippen molar-refractivity contribution < 1.29 is 33.3 Å². The van der Waals surface area contributed by atoms with Crippen LogP contribution in [-0.4, -0.2) is 87.8 Å². The number of nitrogens with zero attached hydrogens (tertiary/aromatic N) is 2. The number of nitrogens with one attached hydrogen (secondary N) is 1. The molecule has 0 spiro atoms. The Bertz CT molecular complexity index is 1900. The Morgan fingerprint density at radius 3 is 2.02 bits per heavy atom. The first kappa shape index (κ1) is 43.8. The van der Waals surface area contributed by atoms with Crippen LogP contribution in [0.4, 0.5) is 9.59 Å². The highest BCUT2D eigenvalue weighted by atomic mass is 79.9. The number of hydrogen-bond donors (Lipinski definition) is 1. The molecule has 2 aliphatic heterocycles. The Morgan fingerprint density at radius 1 is 0.821 bits per heavy atom. The second-order valence-electron chi connectivity index (χ2n) is 15.1. The number of aryl methyl sites for hydroxylation is 1. The molecule has 302 valence electrons. The molecule has 0 saturated carbocycles. The Hall–Kier alpha value is -3.35. The molecule has 3 amide bonds. The van der Waals surface area contributed by atoms with E-state index < -0.39 is 45.2 Å². The predicted octanol–water partition coefficient (Wildman–Crippen LogP) is 10.0. The van der Waals surface area contributed by atoms with E-state index in [1.807, 2.05) is 72.8 Å². The third-order valence-electron chi connectivity index (χ3n) is 9.29. The number of carbonyl (C=O) groups excluding carboxylic acids is 3. The van der Waals surface area contributed by atoms with Crippen molar-refractivity contribution in [3.8, 4) is 11.5 Å². The van der Waals surface area contributed by atoms with Crippen LogP contribution in [0.1, 0.15) is 58.6 Å². The average molecular weight is 915 g/mol. The van der Waals surface area contributed by atoms with Crippen LogP contribution < -0.4 is 14.8 Å². The molecule has 2 aliphatic rings. The molecule has 3 aromatic carbocycles. The minimum absolute atomic E-state index is 0.0415. The Labute approximate surface area is 356 Å². The topological polar surface area (TPSA) is 107 Å². The van der Waals surface area contributed by atoms with E-state index in [1.165, 1.54) is 23.6 Å². The van der Waals surface area contributed by atoms with Gasteiger partial charge in [-0.15, -0.1) is 0 Å². The molecule has 10 nitrogen and oxygen atoms in total. The monoisotopic (exact) mass is 911 g/mol. The van der Waals surface area contributed by atoms with Crippen LogP contribution in [0.3, 0.4) is 0 Å². The number of carbonyl (C=O) groups is 3.